The summed E-state index contributed by atoms with van der Waals surface area (Å²) in [6.45, 7) is 4.60. The van der Waals surface area contributed by atoms with E-state index in [1.54, 1.807) is 28.5 Å². The van der Waals surface area contributed by atoms with Crippen LogP contribution in [0.25, 0.3) is 0 Å². The number of aromatic nitrogens is 1. The predicted octanol–water partition coefficient (Wildman–Crippen LogP) is 2.10. The third-order valence-electron chi connectivity index (χ3n) is 4.25. The van der Waals surface area contributed by atoms with E-state index in [2.05, 4.69) is 10.3 Å². The zero-order valence-electron chi connectivity index (χ0n) is 15.1. The number of morpholine rings is 1. The van der Waals surface area contributed by atoms with Crippen molar-refractivity contribution in [2.24, 2.45) is 5.73 Å². The number of halogens is 1. The second-order valence-corrected chi connectivity index (χ2v) is 6.94. The number of carbonyl (C=O) groups excluding carboxylic acids is 2. The molecule has 2 aromatic rings. The van der Waals surface area contributed by atoms with Crippen LogP contribution in [0.15, 0.2) is 23.6 Å². The largest absolute Gasteiger partial charge is 0.378 e. The second kappa shape index (κ2) is 9.80. The summed E-state index contributed by atoms with van der Waals surface area (Å²) in [5.74, 6) is -0.329. The minimum absolute atomic E-state index is 0. The van der Waals surface area contributed by atoms with Gasteiger partial charge in [0.1, 0.15) is 5.69 Å². The zero-order valence-corrected chi connectivity index (χ0v) is 16.7. The molecular formula is C18H23ClN4O3S. The molecule has 0 spiro atoms. The molecule has 1 aliphatic rings. The van der Waals surface area contributed by atoms with Gasteiger partial charge >= 0.3 is 0 Å². The van der Waals surface area contributed by atoms with Crippen molar-refractivity contribution >= 4 is 41.2 Å². The number of anilines is 1. The van der Waals surface area contributed by atoms with E-state index in [0.717, 1.165) is 10.6 Å². The molecule has 9 heteroatoms. The van der Waals surface area contributed by atoms with Crippen molar-refractivity contribution < 1.29 is 14.3 Å². The van der Waals surface area contributed by atoms with Gasteiger partial charge in [0.25, 0.3) is 11.8 Å². The summed E-state index contributed by atoms with van der Waals surface area (Å²) in [4.78, 5) is 31.3. The summed E-state index contributed by atoms with van der Waals surface area (Å²) in [6, 6.07) is 5.35. The Kier molecular flexibility index (Phi) is 7.73. The van der Waals surface area contributed by atoms with E-state index in [0.29, 0.717) is 56.2 Å². The number of rotatable bonds is 5. The summed E-state index contributed by atoms with van der Waals surface area (Å²) >= 11 is 1.42. The first kappa shape index (κ1) is 21.3. The number of hydrogen-bond donors (Lipinski definition) is 2. The van der Waals surface area contributed by atoms with E-state index in [4.69, 9.17) is 10.5 Å². The number of thiazole rings is 1. The molecule has 2 heterocycles. The number of nitrogens with one attached hydrogen (secondary N) is 1. The maximum absolute atomic E-state index is 12.7. The summed E-state index contributed by atoms with van der Waals surface area (Å²) in [7, 11) is 0. The smallest absolute Gasteiger partial charge is 0.275 e. The normalized spacial score (nSPS) is 13.8. The van der Waals surface area contributed by atoms with E-state index in [9.17, 15) is 9.59 Å². The molecule has 3 rings (SSSR count). The van der Waals surface area contributed by atoms with Crippen molar-refractivity contribution in [2.75, 3.05) is 38.2 Å². The fourth-order valence-corrected chi connectivity index (χ4v) is 3.57. The summed E-state index contributed by atoms with van der Waals surface area (Å²) in [5.41, 5.74) is 7.83. The maximum atomic E-state index is 12.7. The topological polar surface area (TPSA) is 97.6 Å². The third kappa shape index (κ3) is 5.04. The van der Waals surface area contributed by atoms with Crippen molar-refractivity contribution in [1.29, 1.82) is 0 Å². The fourth-order valence-electron chi connectivity index (χ4n) is 2.78. The van der Waals surface area contributed by atoms with Crippen LogP contribution in [0, 0.1) is 6.92 Å². The van der Waals surface area contributed by atoms with Gasteiger partial charge < -0.3 is 20.7 Å². The lowest BCUT2D eigenvalue weighted by Gasteiger charge is -2.27. The van der Waals surface area contributed by atoms with Crippen LogP contribution in [0.3, 0.4) is 0 Å². The molecule has 1 aromatic carbocycles. The fraction of sp³-hybridized carbons (Fsp3) is 0.389. The number of ether oxygens (including phenoxy) is 1. The molecule has 0 unspecified atom stereocenters. The molecule has 0 aliphatic carbocycles. The van der Waals surface area contributed by atoms with Crippen LogP contribution in [0.4, 0.5) is 5.69 Å². The van der Waals surface area contributed by atoms with Crippen LogP contribution < -0.4 is 11.1 Å². The van der Waals surface area contributed by atoms with Gasteiger partial charge in [-0.2, -0.15) is 0 Å². The number of nitrogens with zero attached hydrogens (tertiary/aromatic N) is 2. The molecule has 7 nitrogen and oxygen atoms in total. The SMILES string of the molecule is Cc1c(NC(=O)c2csc(CCN)n2)cccc1C(=O)N1CCOCC1.Cl. The van der Waals surface area contributed by atoms with Gasteiger partial charge in [-0.05, 0) is 31.2 Å². The van der Waals surface area contributed by atoms with E-state index in [1.807, 2.05) is 6.92 Å². The zero-order chi connectivity index (χ0) is 18.5. The van der Waals surface area contributed by atoms with Gasteiger partial charge in [-0.15, -0.1) is 23.7 Å². The Hall–Kier alpha value is -2.00. The number of hydrogen-bond acceptors (Lipinski definition) is 6. The number of amides is 2. The average molecular weight is 411 g/mol. The monoisotopic (exact) mass is 410 g/mol. The minimum Gasteiger partial charge on any atom is -0.378 e. The van der Waals surface area contributed by atoms with Gasteiger partial charge in [0.15, 0.2) is 0 Å². The predicted molar refractivity (Wildman–Crippen MR) is 108 cm³/mol. The van der Waals surface area contributed by atoms with Crippen molar-refractivity contribution in [3.8, 4) is 0 Å². The first-order valence-corrected chi connectivity index (χ1v) is 9.40. The standard InChI is InChI=1S/C18H22N4O3S.ClH/c1-12-13(18(24)22-7-9-25-10-8-22)3-2-4-14(12)21-17(23)15-11-26-16(20-15)5-6-19;/h2-4,11H,5-10,19H2,1H3,(H,21,23);1H. The van der Waals surface area contributed by atoms with Gasteiger partial charge in [0.2, 0.25) is 0 Å². The molecule has 2 amide bonds. The molecule has 0 bridgehead atoms. The van der Waals surface area contributed by atoms with E-state index < -0.39 is 0 Å². The summed E-state index contributed by atoms with van der Waals surface area (Å²) in [5, 5.41) is 5.42. The van der Waals surface area contributed by atoms with Crippen LogP contribution >= 0.6 is 23.7 Å². The highest BCUT2D eigenvalue weighted by Gasteiger charge is 2.21. The lowest BCUT2D eigenvalue weighted by atomic mass is 10.0. The quantitative estimate of drug-likeness (QED) is 0.786. The second-order valence-electron chi connectivity index (χ2n) is 6.00. The Morgan fingerprint density at radius 2 is 2.07 bits per heavy atom. The molecule has 0 radical (unpaired) electrons. The first-order valence-electron chi connectivity index (χ1n) is 8.52. The van der Waals surface area contributed by atoms with Crippen molar-refractivity contribution in [2.45, 2.75) is 13.3 Å². The van der Waals surface area contributed by atoms with Gasteiger partial charge in [-0.25, -0.2) is 4.98 Å². The maximum Gasteiger partial charge on any atom is 0.275 e. The van der Waals surface area contributed by atoms with E-state index in [1.165, 1.54) is 11.3 Å². The molecule has 1 saturated heterocycles. The van der Waals surface area contributed by atoms with Gasteiger partial charge in [0, 0.05) is 36.1 Å². The van der Waals surface area contributed by atoms with Crippen molar-refractivity contribution in [1.82, 2.24) is 9.88 Å². The van der Waals surface area contributed by atoms with Crippen LogP contribution in [0.5, 0.6) is 0 Å². The van der Waals surface area contributed by atoms with E-state index in [-0.39, 0.29) is 24.2 Å². The van der Waals surface area contributed by atoms with Crippen LogP contribution in [0.1, 0.15) is 31.4 Å². The van der Waals surface area contributed by atoms with Gasteiger partial charge in [-0.3, -0.25) is 9.59 Å². The Balaban J connectivity index is 0.00000261. The average Bonchev–Trinajstić information content (AvgIpc) is 3.13. The summed E-state index contributed by atoms with van der Waals surface area (Å²) in [6.07, 6.45) is 0.653. The Labute approximate surface area is 168 Å². The molecule has 146 valence electrons. The highest BCUT2D eigenvalue weighted by molar-refractivity contribution is 7.09. The van der Waals surface area contributed by atoms with Crippen molar-refractivity contribution in [3.63, 3.8) is 0 Å². The van der Waals surface area contributed by atoms with Crippen LogP contribution in [0.2, 0.25) is 0 Å². The molecule has 0 saturated carbocycles. The summed E-state index contributed by atoms with van der Waals surface area (Å²) < 4.78 is 5.30. The van der Waals surface area contributed by atoms with Crippen molar-refractivity contribution in [3.05, 3.63) is 45.4 Å². The third-order valence-corrected chi connectivity index (χ3v) is 5.16. The molecule has 1 aromatic heterocycles. The number of benzene rings is 1. The minimum atomic E-state index is -0.288. The van der Waals surface area contributed by atoms with Gasteiger partial charge in [-0.1, -0.05) is 6.07 Å². The van der Waals surface area contributed by atoms with Crippen LogP contribution in [-0.2, 0) is 11.2 Å². The van der Waals surface area contributed by atoms with Gasteiger partial charge in [0.05, 0.1) is 18.2 Å². The molecule has 3 N–H and O–H groups in total. The molecular weight excluding hydrogens is 388 g/mol. The lowest BCUT2D eigenvalue weighted by Crippen LogP contribution is -2.41. The lowest BCUT2D eigenvalue weighted by molar-refractivity contribution is 0.0302. The molecule has 27 heavy (non-hydrogen) atoms. The van der Waals surface area contributed by atoms with Crippen LogP contribution in [-0.4, -0.2) is 54.5 Å². The Morgan fingerprint density at radius 1 is 1.33 bits per heavy atom. The Morgan fingerprint density at radius 3 is 2.78 bits per heavy atom. The number of carbonyl (C=O) groups is 2. The van der Waals surface area contributed by atoms with E-state index >= 15 is 0 Å². The molecule has 1 fully saturated rings. The number of nitrogens with two attached hydrogens (primary N) is 1. The highest BCUT2D eigenvalue weighted by Crippen LogP contribution is 2.22. The first-order chi connectivity index (χ1) is 12.6. The highest BCUT2D eigenvalue weighted by atomic mass is 35.5. The Bertz CT molecular complexity index is 806. The molecule has 0 atom stereocenters. The molecule has 1 aliphatic heterocycles.